The van der Waals surface area contributed by atoms with E-state index in [9.17, 15) is 0 Å². The van der Waals surface area contributed by atoms with Crippen molar-refractivity contribution < 1.29 is 0 Å². The van der Waals surface area contributed by atoms with E-state index in [4.69, 9.17) is 4.98 Å². The molecule has 0 fully saturated rings. The molecule has 0 saturated carbocycles. The summed E-state index contributed by atoms with van der Waals surface area (Å²) in [6, 6.07) is 2.18. The lowest BCUT2D eigenvalue weighted by Gasteiger charge is -2.23. The van der Waals surface area contributed by atoms with E-state index in [1.165, 1.54) is 30.4 Å². The van der Waals surface area contributed by atoms with Crippen molar-refractivity contribution in [2.75, 3.05) is 25.0 Å². The minimum absolute atomic E-state index is 0.906. The van der Waals surface area contributed by atoms with Crippen molar-refractivity contribution >= 4 is 5.82 Å². The van der Waals surface area contributed by atoms with Gasteiger partial charge in [0.2, 0.25) is 0 Å². The van der Waals surface area contributed by atoms with E-state index < -0.39 is 0 Å². The van der Waals surface area contributed by atoms with E-state index in [1.54, 1.807) is 0 Å². The largest absolute Gasteiger partial charge is 0.359 e. The summed E-state index contributed by atoms with van der Waals surface area (Å²) in [4.78, 5) is 7.06. The zero-order valence-electron chi connectivity index (χ0n) is 13.2. The maximum Gasteiger partial charge on any atom is 0.133 e. The minimum Gasteiger partial charge on any atom is -0.359 e. The lowest BCUT2D eigenvalue weighted by molar-refractivity contribution is 0.687. The molecular weight excluding hydrogens is 234 g/mol. The van der Waals surface area contributed by atoms with Crippen LogP contribution in [0.5, 0.6) is 0 Å². The van der Waals surface area contributed by atoms with Crippen molar-refractivity contribution in [1.82, 2.24) is 10.3 Å². The highest BCUT2D eigenvalue weighted by Crippen LogP contribution is 2.22. The molecule has 1 N–H and O–H groups in total. The van der Waals surface area contributed by atoms with Crippen molar-refractivity contribution in [1.29, 1.82) is 0 Å². The van der Waals surface area contributed by atoms with Gasteiger partial charge in [-0.2, -0.15) is 0 Å². The molecule has 0 aliphatic carbocycles. The number of aryl methyl sites for hydroxylation is 2. The Morgan fingerprint density at radius 2 is 1.95 bits per heavy atom. The average Bonchev–Trinajstić information content (AvgIpc) is 2.37. The van der Waals surface area contributed by atoms with Crippen LogP contribution in [-0.4, -0.2) is 25.1 Å². The Labute approximate surface area is 118 Å². The fourth-order valence-electron chi connectivity index (χ4n) is 2.33. The fraction of sp³-hybridized carbons (Fsp3) is 0.688. The van der Waals surface area contributed by atoms with Crippen LogP contribution < -0.4 is 10.2 Å². The summed E-state index contributed by atoms with van der Waals surface area (Å²) >= 11 is 0. The van der Waals surface area contributed by atoms with Crippen LogP contribution in [0.3, 0.4) is 0 Å². The van der Waals surface area contributed by atoms with E-state index in [1.807, 2.05) is 0 Å². The highest BCUT2D eigenvalue weighted by molar-refractivity contribution is 5.51. The van der Waals surface area contributed by atoms with E-state index in [-0.39, 0.29) is 0 Å². The summed E-state index contributed by atoms with van der Waals surface area (Å²) < 4.78 is 0. The summed E-state index contributed by atoms with van der Waals surface area (Å²) in [5, 5.41) is 3.42. The summed E-state index contributed by atoms with van der Waals surface area (Å²) in [6.45, 7) is 11.6. The normalized spacial score (nSPS) is 10.8. The van der Waals surface area contributed by atoms with E-state index in [2.05, 4.69) is 51.0 Å². The first-order chi connectivity index (χ1) is 9.10. The molecule has 0 saturated heterocycles. The number of nitrogens with one attached hydrogen (secondary N) is 1. The fourth-order valence-corrected chi connectivity index (χ4v) is 2.33. The number of pyridine rings is 1. The first-order valence-corrected chi connectivity index (χ1v) is 7.49. The lowest BCUT2D eigenvalue weighted by atomic mass is 10.1. The molecule has 0 bridgehead atoms. The highest BCUT2D eigenvalue weighted by atomic mass is 15.2. The van der Waals surface area contributed by atoms with Crippen LogP contribution in [0, 0.1) is 13.8 Å². The molecule has 0 atom stereocenters. The minimum atomic E-state index is 0.906. The molecule has 1 aromatic rings. The second-order valence-electron chi connectivity index (χ2n) is 5.29. The first kappa shape index (κ1) is 16.0. The zero-order chi connectivity index (χ0) is 14.3. The molecule has 3 nitrogen and oxygen atoms in total. The standard InChI is InChI=1S/C16H29N3/c1-6-8-9-10-19(5)16-15(12-17-7-2)13(3)11-14(4)18-16/h11,17H,6-10,12H2,1-5H3. The molecule has 0 unspecified atom stereocenters. The average molecular weight is 263 g/mol. The third-order valence-corrected chi connectivity index (χ3v) is 3.46. The summed E-state index contributed by atoms with van der Waals surface area (Å²) in [5.41, 5.74) is 3.78. The molecule has 108 valence electrons. The number of anilines is 1. The molecule has 1 heterocycles. The molecule has 0 aromatic carbocycles. The third kappa shape index (κ3) is 4.83. The van der Waals surface area contributed by atoms with Gasteiger partial charge in [0.05, 0.1) is 0 Å². The monoisotopic (exact) mass is 263 g/mol. The number of rotatable bonds is 8. The van der Waals surface area contributed by atoms with Crippen molar-refractivity contribution in [3.63, 3.8) is 0 Å². The molecule has 19 heavy (non-hydrogen) atoms. The second-order valence-corrected chi connectivity index (χ2v) is 5.29. The summed E-state index contributed by atoms with van der Waals surface area (Å²) in [6.07, 6.45) is 3.79. The lowest BCUT2D eigenvalue weighted by Crippen LogP contribution is -2.24. The van der Waals surface area contributed by atoms with Gasteiger partial charge >= 0.3 is 0 Å². The van der Waals surface area contributed by atoms with Crippen LogP contribution in [0.25, 0.3) is 0 Å². The van der Waals surface area contributed by atoms with Crippen LogP contribution in [0.4, 0.5) is 5.82 Å². The van der Waals surface area contributed by atoms with Gasteiger partial charge in [0.1, 0.15) is 5.82 Å². The van der Waals surface area contributed by atoms with E-state index in [0.29, 0.717) is 0 Å². The maximum atomic E-state index is 4.75. The first-order valence-electron chi connectivity index (χ1n) is 7.49. The Morgan fingerprint density at radius 3 is 2.58 bits per heavy atom. The van der Waals surface area contributed by atoms with Gasteiger partial charge in [-0.25, -0.2) is 4.98 Å². The topological polar surface area (TPSA) is 28.2 Å². The zero-order valence-corrected chi connectivity index (χ0v) is 13.2. The molecule has 0 aliphatic heterocycles. The number of nitrogens with zero attached hydrogens (tertiary/aromatic N) is 2. The SMILES string of the molecule is CCCCCN(C)c1nc(C)cc(C)c1CNCC. The van der Waals surface area contributed by atoms with Crippen LogP contribution in [0.2, 0.25) is 0 Å². The van der Waals surface area contributed by atoms with Crippen LogP contribution in [-0.2, 0) is 6.54 Å². The van der Waals surface area contributed by atoms with Crippen LogP contribution in [0.15, 0.2) is 6.07 Å². The van der Waals surface area contributed by atoms with Gasteiger partial charge in [-0.05, 0) is 38.4 Å². The molecule has 1 aromatic heterocycles. The van der Waals surface area contributed by atoms with Crippen molar-refractivity contribution in [2.45, 2.75) is 53.5 Å². The number of hydrogen-bond donors (Lipinski definition) is 1. The van der Waals surface area contributed by atoms with Gasteiger partial charge in [0, 0.05) is 31.4 Å². The van der Waals surface area contributed by atoms with E-state index in [0.717, 1.165) is 31.1 Å². The van der Waals surface area contributed by atoms with Gasteiger partial charge in [-0.3, -0.25) is 0 Å². The molecule has 0 aliphatic rings. The van der Waals surface area contributed by atoms with Crippen molar-refractivity contribution in [3.05, 3.63) is 22.9 Å². The maximum absolute atomic E-state index is 4.75. The molecule has 3 heteroatoms. The Kier molecular flexibility index (Phi) is 6.85. The number of aromatic nitrogens is 1. The third-order valence-electron chi connectivity index (χ3n) is 3.46. The number of unbranched alkanes of at least 4 members (excludes halogenated alkanes) is 2. The molecule has 1 rings (SSSR count). The van der Waals surface area contributed by atoms with Gasteiger partial charge in [0.15, 0.2) is 0 Å². The quantitative estimate of drug-likeness (QED) is 0.728. The van der Waals surface area contributed by atoms with Gasteiger partial charge in [-0.15, -0.1) is 0 Å². The Morgan fingerprint density at radius 1 is 1.21 bits per heavy atom. The van der Waals surface area contributed by atoms with Crippen molar-refractivity contribution in [3.8, 4) is 0 Å². The van der Waals surface area contributed by atoms with Crippen LogP contribution >= 0.6 is 0 Å². The Hall–Kier alpha value is -1.09. The molecule has 0 spiro atoms. The summed E-state index contributed by atoms with van der Waals surface area (Å²) in [5.74, 6) is 1.15. The highest BCUT2D eigenvalue weighted by Gasteiger charge is 2.12. The molecular formula is C16H29N3. The molecule has 0 radical (unpaired) electrons. The predicted octanol–water partition coefficient (Wildman–Crippen LogP) is 3.43. The number of hydrogen-bond acceptors (Lipinski definition) is 3. The van der Waals surface area contributed by atoms with Gasteiger partial charge in [0.25, 0.3) is 0 Å². The molecule has 0 amide bonds. The van der Waals surface area contributed by atoms with Crippen molar-refractivity contribution in [2.24, 2.45) is 0 Å². The Balaban J connectivity index is 2.89. The second kappa shape index (κ2) is 8.16. The smallest absolute Gasteiger partial charge is 0.133 e. The predicted molar refractivity (Wildman–Crippen MR) is 83.9 cm³/mol. The van der Waals surface area contributed by atoms with Crippen LogP contribution in [0.1, 0.15) is 49.9 Å². The Bertz CT molecular complexity index is 388. The van der Waals surface area contributed by atoms with Gasteiger partial charge < -0.3 is 10.2 Å². The van der Waals surface area contributed by atoms with E-state index >= 15 is 0 Å². The van der Waals surface area contributed by atoms with Gasteiger partial charge in [-0.1, -0.05) is 26.7 Å². The summed E-state index contributed by atoms with van der Waals surface area (Å²) in [7, 11) is 2.16.